The topological polar surface area (TPSA) is 151 Å². The average molecular weight is 1210 g/mol. The molecule has 15 rings (SSSR count). The molecule has 2 N–H and O–H groups in total. The van der Waals surface area contributed by atoms with Crippen molar-refractivity contribution < 1.29 is 18.8 Å². The Hall–Kier alpha value is -5.32. The van der Waals surface area contributed by atoms with Crippen LogP contribution in [-0.4, -0.2) is 121 Å². The Kier molecular flexibility index (Phi) is 18.4. The van der Waals surface area contributed by atoms with Gasteiger partial charge < -0.3 is 25.0 Å². The number of carbonyl (C=O) groups excluding carboxylic acids is 1. The third-order valence-corrected chi connectivity index (χ3v) is 17.5. The highest BCUT2D eigenvalue weighted by Crippen LogP contribution is 2.61. The first-order chi connectivity index (χ1) is 38.6. The second-order valence-electron chi connectivity index (χ2n) is 21.7. The zero-order valence-corrected chi connectivity index (χ0v) is 50.2. The number of rotatable bonds is 0. The van der Waals surface area contributed by atoms with Crippen LogP contribution in [0.1, 0.15) is 64.6 Å². The number of nitrogens with zero attached hydrogens (tertiary/aromatic N) is 9. The number of aliphatic imine (C=N–C) groups is 2. The maximum Gasteiger partial charge on any atom is 0.339 e. The molecule has 2 spiro atoms. The monoisotopic (exact) mass is 1210 g/mol. The molecule has 5 aromatic carbocycles. The number of piperidine rings is 2. The van der Waals surface area contributed by atoms with Crippen molar-refractivity contribution >= 4 is 116 Å². The minimum Gasteiger partial charge on any atom is -0.365 e. The van der Waals surface area contributed by atoms with E-state index >= 15 is 0 Å². The third-order valence-electron chi connectivity index (χ3n) is 17.1. The van der Waals surface area contributed by atoms with Crippen LogP contribution >= 0.6 is 62.9 Å². The van der Waals surface area contributed by atoms with Crippen LogP contribution in [0.15, 0.2) is 147 Å². The highest BCUT2D eigenvalue weighted by molar-refractivity contribution is 8.24. The van der Waals surface area contributed by atoms with Crippen LogP contribution in [0.4, 0.5) is 17.1 Å². The average Bonchev–Trinajstić information content (AvgIpc) is 4.32. The summed E-state index contributed by atoms with van der Waals surface area (Å²) in [5, 5.41) is 22.8. The van der Waals surface area contributed by atoms with Crippen molar-refractivity contribution in [1.29, 1.82) is 0 Å². The fraction of sp³-hybridized carbons (Fsp3) is 0.400. The Morgan fingerprint density at radius 3 is 1.54 bits per heavy atom. The summed E-state index contributed by atoms with van der Waals surface area (Å²) < 4.78 is 21.9. The summed E-state index contributed by atoms with van der Waals surface area (Å²) >= 11 is 20.1. The van der Waals surface area contributed by atoms with Gasteiger partial charge in [0.15, 0.2) is 0 Å². The van der Waals surface area contributed by atoms with Crippen molar-refractivity contribution in [2.45, 2.75) is 87.5 Å². The quantitative estimate of drug-likeness (QED) is 0.144. The number of amides is 1. The standard InChI is InChI=1S/C24H26N4O.C12H12ClN3.C12H13N3O.C12H15NO.Cl3OP.ClH/c1-27-22-14-17-6-3-5-9-21(17)26-23(19(22)15-25-27)28-12-10-24(11-13-28)20-8-4-2-7-18(20)16-29-24;1-16-11-6-8-4-2-3-5-10(8)15-12(13)9(11)7-14-16;1-15-11-6-8-4-2-3-5-10(8)14-12(16)9(11)7-13-15;1-2-4-11-10(3-1)9-14-12(11)5-7-13-8-6-12;1-5(2,3)4;/h2-9,15,19,22H,10-14,16H2,1H3;2-5,7,9,11H,6H2,1H3;2-5,7,9,11H,6H2,1H3,(H,14,16);1-4,13H,5-9H2;;1H. The summed E-state index contributed by atoms with van der Waals surface area (Å²) in [5.41, 5.74) is 12.3. The summed E-state index contributed by atoms with van der Waals surface area (Å²) in [7, 11) is 5.99. The second kappa shape index (κ2) is 25.3. The zero-order chi connectivity index (χ0) is 55.6. The van der Waals surface area contributed by atoms with Crippen LogP contribution in [0.25, 0.3) is 0 Å². The fourth-order valence-electron chi connectivity index (χ4n) is 12.8. The van der Waals surface area contributed by atoms with Gasteiger partial charge in [-0.05, 0) is 149 Å². The predicted molar refractivity (Wildman–Crippen MR) is 331 cm³/mol. The maximum atomic E-state index is 12.0. The van der Waals surface area contributed by atoms with Crippen LogP contribution in [0.5, 0.6) is 0 Å². The van der Waals surface area contributed by atoms with Gasteiger partial charge in [-0.3, -0.25) is 24.4 Å². The summed E-state index contributed by atoms with van der Waals surface area (Å²) in [6, 6.07) is 42.8. The molecular formula is C60H67Cl5N11O4P. The second-order valence-corrected chi connectivity index (χ2v) is 28.8. The number of hydrogen-bond acceptors (Lipinski definition) is 14. The van der Waals surface area contributed by atoms with E-state index in [1.165, 1.54) is 44.8 Å². The van der Waals surface area contributed by atoms with Crippen molar-refractivity contribution in [3.63, 3.8) is 0 Å². The number of likely N-dealkylation sites (N-methyl/N-ethyl adjacent to an activating group) is 3. The van der Waals surface area contributed by atoms with E-state index in [2.05, 4.69) is 173 Å². The lowest BCUT2D eigenvalue weighted by molar-refractivity contribution is -0.118. The number of hydrogen-bond donors (Lipinski definition) is 2. The van der Waals surface area contributed by atoms with E-state index in [0.29, 0.717) is 17.3 Å². The first kappa shape index (κ1) is 58.9. The molecule has 426 valence electrons. The number of anilines is 1. The van der Waals surface area contributed by atoms with E-state index in [4.69, 9.17) is 26.1 Å². The number of carbonyl (C=O) groups is 1. The van der Waals surface area contributed by atoms with Crippen LogP contribution < -0.4 is 10.6 Å². The van der Waals surface area contributed by atoms with E-state index in [1.54, 1.807) is 6.21 Å². The molecule has 0 bridgehead atoms. The molecule has 10 heterocycles. The van der Waals surface area contributed by atoms with Gasteiger partial charge in [0.1, 0.15) is 11.0 Å². The first-order valence-electron chi connectivity index (χ1n) is 27.4. The van der Waals surface area contributed by atoms with Crippen LogP contribution in [0.3, 0.4) is 0 Å². The van der Waals surface area contributed by atoms with Crippen molar-refractivity contribution in [3.05, 3.63) is 160 Å². The zero-order valence-electron chi connectivity index (χ0n) is 45.5. The van der Waals surface area contributed by atoms with Gasteiger partial charge in [-0.1, -0.05) is 115 Å². The molecule has 2 fully saturated rings. The van der Waals surface area contributed by atoms with Crippen molar-refractivity contribution in [1.82, 2.24) is 25.2 Å². The molecule has 5 aromatic rings. The van der Waals surface area contributed by atoms with Gasteiger partial charge in [0.25, 0.3) is 0 Å². The minimum absolute atomic E-state index is 0. The molecule has 0 saturated carbocycles. The number of hydrazone groups is 3. The summed E-state index contributed by atoms with van der Waals surface area (Å²) in [5.74, 6) is 1.48. The number of nitrogens with one attached hydrogen (secondary N) is 2. The first-order valence-corrected chi connectivity index (χ1v) is 32.2. The van der Waals surface area contributed by atoms with Gasteiger partial charge >= 0.3 is 5.20 Å². The number of fused-ring (bicyclic) bond motifs is 10. The Labute approximate surface area is 500 Å². The molecule has 0 radical (unpaired) electrons. The maximum absolute atomic E-state index is 12.0. The minimum atomic E-state index is -3.22. The van der Waals surface area contributed by atoms with E-state index in [9.17, 15) is 9.36 Å². The molecule has 21 heteroatoms. The van der Waals surface area contributed by atoms with Gasteiger partial charge in [0, 0.05) is 58.6 Å². The highest BCUT2D eigenvalue weighted by atomic mass is 36.0. The van der Waals surface area contributed by atoms with Crippen molar-refractivity contribution in [3.8, 4) is 0 Å². The van der Waals surface area contributed by atoms with Crippen molar-refractivity contribution in [2.75, 3.05) is 52.6 Å². The van der Waals surface area contributed by atoms with E-state index in [1.807, 2.05) is 66.7 Å². The fourth-order valence-corrected chi connectivity index (χ4v) is 13.0. The molecule has 81 heavy (non-hydrogen) atoms. The highest BCUT2D eigenvalue weighted by Gasteiger charge is 2.46. The Morgan fingerprint density at radius 1 is 0.556 bits per heavy atom. The number of amidine groups is 1. The van der Waals surface area contributed by atoms with Crippen LogP contribution in [0.2, 0.25) is 0 Å². The van der Waals surface area contributed by atoms with Gasteiger partial charge in [0.05, 0.1) is 71.7 Å². The molecular weight excluding hydrogens is 1150 g/mol. The van der Waals surface area contributed by atoms with Gasteiger partial charge in [-0.15, -0.1) is 12.4 Å². The summed E-state index contributed by atoms with van der Waals surface area (Å²) in [6.45, 7) is 5.64. The van der Waals surface area contributed by atoms with Gasteiger partial charge in [-0.25, -0.2) is 9.98 Å². The smallest absolute Gasteiger partial charge is 0.339 e. The van der Waals surface area contributed by atoms with Crippen LogP contribution in [-0.2, 0) is 62.5 Å². The molecule has 6 unspecified atom stereocenters. The SMILES string of the molecule is CN1N=CC2C(=O)Nc3ccccc3CC21.CN1N=CC2C(Cl)=Nc3ccccc3CC21.CN1N=CC2C(N3CCC4(CC3)OCc3ccccc34)=Nc3ccccc3CC21.Cl.O=P(Cl)(Cl)Cl.c1ccc2c(c1)COC21CCNCC1. The van der Waals surface area contributed by atoms with Gasteiger partial charge in [0.2, 0.25) is 5.91 Å². The molecule has 0 aliphatic carbocycles. The number of ether oxygens (including phenoxy) is 2. The number of para-hydroxylation sites is 3. The predicted octanol–water partition coefficient (Wildman–Crippen LogP) is 12.3. The number of benzene rings is 5. The largest absolute Gasteiger partial charge is 0.365 e. The molecule has 6 atom stereocenters. The molecule has 15 nitrogen and oxygen atoms in total. The van der Waals surface area contributed by atoms with E-state index in [-0.39, 0.29) is 53.3 Å². The number of likely N-dealkylation sites (tertiary alicyclic amines) is 1. The van der Waals surface area contributed by atoms with Crippen LogP contribution in [0, 0.1) is 17.8 Å². The lowest BCUT2D eigenvalue weighted by Crippen LogP contribution is -2.49. The molecule has 0 aromatic heterocycles. The van der Waals surface area contributed by atoms with Crippen molar-refractivity contribution in [2.24, 2.45) is 43.0 Å². The Bertz CT molecular complexity index is 3270. The van der Waals surface area contributed by atoms with Gasteiger partial charge in [-0.2, -0.15) is 15.3 Å². The third kappa shape index (κ3) is 12.9. The Morgan fingerprint density at radius 2 is 0.975 bits per heavy atom. The number of halogens is 5. The molecule has 10 aliphatic heterocycles. The Balaban J connectivity index is 0.000000123. The van der Waals surface area contributed by atoms with E-state index < -0.39 is 5.20 Å². The summed E-state index contributed by atoms with van der Waals surface area (Å²) in [6.07, 6.45) is 12.8. The molecule has 10 aliphatic rings. The molecule has 1 amide bonds. The lowest BCUT2D eigenvalue weighted by atomic mass is 9.83. The van der Waals surface area contributed by atoms with E-state index in [0.717, 1.165) is 101 Å². The molecule has 2 saturated heterocycles. The summed E-state index contributed by atoms with van der Waals surface area (Å²) in [4.78, 5) is 24.1. The lowest BCUT2D eigenvalue weighted by Gasteiger charge is -2.41. The normalized spacial score (nSPS) is 25.1.